The predicted molar refractivity (Wildman–Crippen MR) is 125 cm³/mol. The number of rotatable bonds is 4. The summed E-state index contributed by atoms with van der Waals surface area (Å²) < 4.78 is 37.0. The maximum Gasteiger partial charge on any atom is 0.490 e. The highest BCUT2D eigenvalue weighted by atomic mass is 19.4. The van der Waals surface area contributed by atoms with Crippen molar-refractivity contribution in [2.45, 2.75) is 50.7 Å². The van der Waals surface area contributed by atoms with E-state index in [0.717, 1.165) is 69.6 Å². The lowest BCUT2D eigenvalue weighted by Crippen LogP contribution is -2.49. The van der Waals surface area contributed by atoms with Gasteiger partial charge in [0, 0.05) is 32.2 Å². The lowest BCUT2D eigenvalue weighted by atomic mass is 9.75. The standard InChI is InChI=1S/C23H33N3O3.C2HF3O2/c1-24-14-9-23(22(28)26-11-3-4-12-26)10-15-25(13-8-20(23)24)21(27)17-18-6-5-7-19(16-18)29-2;3-2(4,5)1(6)7/h5-7,16,20H,3-4,8-15,17H2,1-2H3;(H,6,7)/t20-,23-;/m1./s1. The molecule has 3 fully saturated rings. The number of hydrogen-bond donors (Lipinski definition) is 1. The second kappa shape index (κ2) is 11.5. The summed E-state index contributed by atoms with van der Waals surface area (Å²) in [7, 11) is 3.78. The zero-order valence-electron chi connectivity index (χ0n) is 20.7. The highest BCUT2D eigenvalue weighted by Gasteiger charge is 2.54. The number of methoxy groups -OCH3 is 1. The number of alkyl halides is 3. The van der Waals surface area contributed by atoms with E-state index in [0.29, 0.717) is 18.9 Å². The molecule has 0 saturated carbocycles. The number of carboxylic acid groups (broad SMARTS) is 1. The van der Waals surface area contributed by atoms with Crippen LogP contribution in [0.1, 0.15) is 37.7 Å². The molecule has 1 N–H and O–H groups in total. The zero-order valence-corrected chi connectivity index (χ0v) is 20.7. The van der Waals surface area contributed by atoms with Gasteiger partial charge in [0.15, 0.2) is 0 Å². The number of aliphatic carboxylic acids is 1. The summed E-state index contributed by atoms with van der Waals surface area (Å²) in [5.41, 5.74) is 0.656. The van der Waals surface area contributed by atoms with Gasteiger partial charge >= 0.3 is 12.1 Å². The van der Waals surface area contributed by atoms with E-state index in [-0.39, 0.29) is 17.4 Å². The van der Waals surface area contributed by atoms with Crippen molar-refractivity contribution in [3.63, 3.8) is 0 Å². The third kappa shape index (κ3) is 6.29. The number of carbonyl (C=O) groups is 3. The number of amides is 2. The maximum absolute atomic E-state index is 13.5. The van der Waals surface area contributed by atoms with Gasteiger partial charge in [0.2, 0.25) is 11.8 Å². The van der Waals surface area contributed by atoms with E-state index in [2.05, 4.69) is 16.8 Å². The summed E-state index contributed by atoms with van der Waals surface area (Å²) in [6.07, 6.45) is 0.105. The molecular formula is C25H34F3N3O5. The molecule has 36 heavy (non-hydrogen) atoms. The van der Waals surface area contributed by atoms with Gasteiger partial charge in [0.25, 0.3) is 0 Å². The summed E-state index contributed by atoms with van der Waals surface area (Å²) in [5.74, 6) is -1.50. The van der Waals surface area contributed by atoms with Crippen molar-refractivity contribution < 1.29 is 37.4 Å². The molecule has 4 rings (SSSR count). The number of benzene rings is 1. The fourth-order valence-corrected chi connectivity index (χ4v) is 5.54. The first-order valence-electron chi connectivity index (χ1n) is 12.2. The van der Waals surface area contributed by atoms with Crippen LogP contribution >= 0.6 is 0 Å². The van der Waals surface area contributed by atoms with Crippen LogP contribution < -0.4 is 4.74 Å². The SMILES string of the molecule is COc1cccc(CC(=O)N2CC[C@H]3N(C)CC[C@@]3(C(=O)N3CCCC3)CC2)c1.O=C(O)C(F)(F)F. The molecule has 2 atom stereocenters. The molecule has 1 aromatic rings. The van der Waals surface area contributed by atoms with E-state index in [1.165, 1.54) is 0 Å². The van der Waals surface area contributed by atoms with Crippen molar-refractivity contribution in [2.75, 3.05) is 46.9 Å². The van der Waals surface area contributed by atoms with Crippen LogP contribution in [0.2, 0.25) is 0 Å². The summed E-state index contributed by atoms with van der Waals surface area (Å²) in [6, 6.07) is 7.96. The number of carbonyl (C=O) groups excluding carboxylic acids is 2. The van der Waals surface area contributed by atoms with Crippen LogP contribution in [-0.2, 0) is 20.8 Å². The fourth-order valence-electron chi connectivity index (χ4n) is 5.54. The number of hydrogen-bond acceptors (Lipinski definition) is 5. The van der Waals surface area contributed by atoms with Gasteiger partial charge < -0.3 is 24.5 Å². The third-order valence-electron chi connectivity index (χ3n) is 7.48. The van der Waals surface area contributed by atoms with Gasteiger partial charge in [-0.25, -0.2) is 4.79 Å². The quantitative estimate of drug-likeness (QED) is 0.666. The van der Waals surface area contributed by atoms with Crippen LogP contribution in [-0.4, -0.2) is 96.7 Å². The molecule has 0 aliphatic carbocycles. The van der Waals surface area contributed by atoms with Crippen LogP contribution in [0.5, 0.6) is 5.75 Å². The van der Waals surface area contributed by atoms with Crippen molar-refractivity contribution in [1.82, 2.24) is 14.7 Å². The first-order valence-corrected chi connectivity index (χ1v) is 12.2. The van der Waals surface area contributed by atoms with Crippen LogP contribution in [0.25, 0.3) is 0 Å². The van der Waals surface area contributed by atoms with Crippen molar-refractivity contribution in [3.05, 3.63) is 29.8 Å². The van der Waals surface area contributed by atoms with E-state index < -0.39 is 12.1 Å². The molecule has 3 aliphatic rings. The number of halogens is 3. The van der Waals surface area contributed by atoms with E-state index in [4.69, 9.17) is 14.6 Å². The van der Waals surface area contributed by atoms with Crippen LogP contribution in [0.15, 0.2) is 24.3 Å². The van der Waals surface area contributed by atoms with Gasteiger partial charge in [0.05, 0.1) is 18.9 Å². The maximum atomic E-state index is 13.5. The minimum atomic E-state index is -5.08. The number of fused-ring (bicyclic) bond motifs is 1. The topological polar surface area (TPSA) is 90.4 Å². The molecular weight excluding hydrogens is 479 g/mol. The average molecular weight is 514 g/mol. The molecule has 0 bridgehead atoms. The van der Waals surface area contributed by atoms with Crippen molar-refractivity contribution in [2.24, 2.45) is 5.41 Å². The Kier molecular flexibility index (Phi) is 8.86. The fraction of sp³-hybridized carbons (Fsp3) is 0.640. The van der Waals surface area contributed by atoms with Crippen LogP contribution in [0.3, 0.4) is 0 Å². The van der Waals surface area contributed by atoms with Gasteiger partial charge in [-0.3, -0.25) is 9.59 Å². The molecule has 200 valence electrons. The lowest BCUT2D eigenvalue weighted by molar-refractivity contribution is -0.192. The summed E-state index contributed by atoms with van der Waals surface area (Å²) in [5, 5.41) is 7.12. The van der Waals surface area contributed by atoms with E-state index in [1.54, 1.807) is 7.11 Å². The Labute approximate surface area is 209 Å². The zero-order chi connectivity index (χ0) is 26.5. The normalized spacial score (nSPS) is 24.4. The van der Waals surface area contributed by atoms with Crippen molar-refractivity contribution >= 4 is 17.8 Å². The van der Waals surface area contributed by atoms with E-state index in [9.17, 15) is 22.8 Å². The van der Waals surface area contributed by atoms with Gasteiger partial charge in [-0.15, -0.1) is 0 Å². The van der Waals surface area contributed by atoms with Gasteiger partial charge in [0.1, 0.15) is 5.75 Å². The largest absolute Gasteiger partial charge is 0.497 e. The summed E-state index contributed by atoms with van der Waals surface area (Å²) >= 11 is 0. The Balaban J connectivity index is 0.000000454. The molecule has 0 aromatic heterocycles. The first kappa shape index (κ1) is 27.8. The minimum absolute atomic E-state index is 0.143. The van der Waals surface area contributed by atoms with E-state index >= 15 is 0 Å². The molecule has 0 unspecified atom stereocenters. The van der Waals surface area contributed by atoms with Crippen molar-refractivity contribution in [1.29, 1.82) is 0 Å². The van der Waals surface area contributed by atoms with Gasteiger partial charge in [-0.1, -0.05) is 12.1 Å². The molecule has 11 heteroatoms. The van der Waals surface area contributed by atoms with Gasteiger partial charge in [-0.05, 0) is 63.4 Å². The Hall–Kier alpha value is -2.82. The number of likely N-dealkylation sites (tertiary alicyclic amines) is 3. The molecule has 0 radical (unpaired) electrons. The molecule has 2 amide bonds. The Morgan fingerprint density at radius 3 is 2.31 bits per heavy atom. The minimum Gasteiger partial charge on any atom is -0.497 e. The molecule has 0 spiro atoms. The summed E-state index contributed by atoms with van der Waals surface area (Å²) in [4.78, 5) is 41.9. The van der Waals surface area contributed by atoms with Gasteiger partial charge in [-0.2, -0.15) is 13.2 Å². The summed E-state index contributed by atoms with van der Waals surface area (Å²) in [6.45, 7) is 4.17. The Morgan fingerprint density at radius 2 is 1.69 bits per heavy atom. The van der Waals surface area contributed by atoms with Crippen molar-refractivity contribution in [3.8, 4) is 5.75 Å². The highest BCUT2D eigenvalue weighted by molar-refractivity contribution is 5.85. The second-order valence-electron chi connectivity index (χ2n) is 9.65. The van der Waals surface area contributed by atoms with Crippen LogP contribution in [0, 0.1) is 5.41 Å². The number of carboxylic acids is 1. The van der Waals surface area contributed by atoms with E-state index in [1.807, 2.05) is 29.2 Å². The first-order chi connectivity index (χ1) is 17.0. The predicted octanol–water partition coefficient (Wildman–Crippen LogP) is 2.81. The molecule has 3 aliphatic heterocycles. The average Bonchev–Trinajstić information content (AvgIpc) is 3.43. The number of nitrogens with zero attached hydrogens (tertiary/aromatic N) is 3. The lowest BCUT2D eigenvalue weighted by Gasteiger charge is -2.37. The monoisotopic (exact) mass is 513 g/mol. The third-order valence-corrected chi connectivity index (χ3v) is 7.48. The number of ether oxygens (including phenoxy) is 1. The molecule has 1 aromatic carbocycles. The molecule has 3 saturated heterocycles. The van der Waals surface area contributed by atoms with Crippen LogP contribution in [0.4, 0.5) is 13.2 Å². The smallest absolute Gasteiger partial charge is 0.490 e. The highest BCUT2D eigenvalue weighted by Crippen LogP contribution is 2.45. The Bertz CT molecular complexity index is 951. The molecule has 8 nitrogen and oxygen atoms in total. The second-order valence-corrected chi connectivity index (χ2v) is 9.65. The Morgan fingerprint density at radius 1 is 1.06 bits per heavy atom. The molecule has 3 heterocycles.